The fourth-order valence-electron chi connectivity index (χ4n) is 0.594. The number of carbonyl (C=O) groups is 1. The summed E-state index contributed by atoms with van der Waals surface area (Å²) in [7, 11) is 0. The van der Waals surface area contributed by atoms with Crippen LogP contribution in [0.4, 0.5) is 13.2 Å². The van der Waals surface area contributed by atoms with Crippen molar-refractivity contribution in [2.75, 3.05) is 0 Å². The highest BCUT2D eigenvalue weighted by atomic mass is 127. The van der Waals surface area contributed by atoms with E-state index in [9.17, 15) is 18.0 Å². The van der Waals surface area contributed by atoms with E-state index in [2.05, 4.69) is 6.58 Å². The lowest BCUT2D eigenvalue weighted by Gasteiger charge is -2.31. The fraction of sp³-hybridized carbons (Fsp3) is 0.667. The zero-order valence-corrected chi connectivity index (χ0v) is 10.9. The molecule has 2 nitrogen and oxygen atoms in total. The molecule has 0 aromatic carbocycles. The highest BCUT2D eigenvalue weighted by Gasteiger charge is 2.41. The molecule has 0 aliphatic rings. The molecule has 0 radical (unpaired) electrons. The number of alkyl halides is 4. The van der Waals surface area contributed by atoms with E-state index in [1.165, 1.54) is 0 Å². The van der Waals surface area contributed by atoms with Crippen molar-refractivity contribution in [3.63, 3.8) is 0 Å². The predicted octanol–water partition coefficient (Wildman–Crippen LogP) is 3.03. The molecule has 0 aromatic heterocycles. The lowest BCUT2D eigenvalue weighted by molar-refractivity contribution is -0.174. The van der Waals surface area contributed by atoms with Crippen LogP contribution < -0.4 is 5.32 Å². The van der Waals surface area contributed by atoms with E-state index in [0.717, 1.165) is 0 Å². The van der Waals surface area contributed by atoms with Crippen LogP contribution in [0.15, 0.2) is 12.2 Å². The molecular formula is C9H13F3INO. The van der Waals surface area contributed by atoms with Crippen molar-refractivity contribution in [1.82, 2.24) is 5.32 Å². The van der Waals surface area contributed by atoms with Crippen LogP contribution >= 0.6 is 22.6 Å². The topological polar surface area (TPSA) is 29.1 Å². The maximum atomic E-state index is 12.0. The molecule has 0 aliphatic carbocycles. The van der Waals surface area contributed by atoms with Crippen molar-refractivity contribution in [3.8, 4) is 0 Å². The standard InChI is InChI=1S/C9H13F3INO/c1-5(2)8(3,4)6(13)14-7(15)9(10,11)12/h6H,1H2,2-4H3,(H,14,15). The molecule has 0 heterocycles. The number of nitrogens with one attached hydrogen (secondary N) is 1. The van der Waals surface area contributed by atoms with Gasteiger partial charge < -0.3 is 5.32 Å². The summed E-state index contributed by atoms with van der Waals surface area (Å²) in [6.07, 6.45) is -4.84. The third kappa shape index (κ3) is 4.00. The molecule has 1 unspecified atom stereocenters. The van der Waals surface area contributed by atoms with Crippen molar-refractivity contribution >= 4 is 28.5 Å². The molecule has 0 bridgehead atoms. The molecule has 0 saturated heterocycles. The summed E-state index contributed by atoms with van der Waals surface area (Å²) in [5.41, 5.74) is 0.131. The van der Waals surface area contributed by atoms with Crippen LogP contribution in [-0.4, -0.2) is 16.1 Å². The summed E-state index contributed by atoms with van der Waals surface area (Å²) in [6.45, 7) is 8.84. The van der Waals surface area contributed by atoms with Gasteiger partial charge in [0.2, 0.25) is 0 Å². The molecular weight excluding hydrogens is 322 g/mol. The van der Waals surface area contributed by atoms with Gasteiger partial charge in [0.05, 0.1) is 4.05 Å². The van der Waals surface area contributed by atoms with Crippen molar-refractivity contribution in [2.24, 2.45) is 5.41 Å². The Labute approximate surface area is 100 Å². The monoisotopic (exact) mass is 335 g/mol. The zero-order chi connectivity index (χ0) is 12.4. The van der Waals surface area contributed by atoms with Crippen LogP contribution in [0.2, 0.25) is 0 Å². The molecule has 0 saturated carbocycles. The first-order valence-electron chi connectivity index (χ1n) is 4.17. The first-order chi connectivity index (χ1) is 6.49. The quantitative estimate of drug-likeness (QED) is 0.365. The Morgan fingerprint density at radius 1 is 1.40 bits per heavy atom. The highest BCUT2D eigenvalue weighted by Crippen LogP contribution is 2.33. The van der Waals surface area contributed by atoms with Gasteiger partial charge in [-0.15, -0.1) is 0 Å². The van der Waals surface area contributed by atoms with E-state index in [0.29, 0.717) is 5.57 Å². The first-order valence-corrected chi connectivity index (χ1v) is 5.42. The van der Waals surface area contributed by atoms with Gasteiger partial charge in [0.25, 0.3) is 0 Å². The average molecular weight is 335 g/mol. The predicted molar refractivity (Wildman–Crippen MR) is 60.6 cm³/mol. The van der Waals surface area contributed by atoms with Crippen LogP contribution in [0, 0.1) is 5.41 Å². The highest BCUT2D eigenvalue weighted by molar-refractivity contribution is 14.1. The molecule has 6 heteroatoms. The SMILES string of the molecule is C=C(C)C(C)(C)C(I)NC(=O)C(F)(F)F. The van der Waals surface area contributed by atoms with Crippen LogP contribution in [0.5, 0.6) is 0 Å². The van der Waals surface area contributed by atoms with E-state index >= 15 is 0 Å². The molecule has 15 heavy (non-hydrogen) atoms. The Morgan fingerprint density at radius 2 is 1.80 bits per heavy atom. The third-order valence-corrected chi connectivity index (χ3v) is 4.12. The fourth-order valence-corrected chi connectivity index (χ4v) is 1.41. The maximum absolute atomic E-state index is 12.0. The number of rotatable bonds is 3. The molecule has 0 spiro atoms. The van der Waals surface area contributed by atoms with E-state index < -0.39 is 21.5 Å². The van der Waals surface area contributed by atoms with Gasteiger partial charge in [0.15, 0.2) is 0 Å². The van der Waals surface area contributed by atoms with Crippen LogP contribution in [0.1, 0.15) is 20.8 Å². The molecule has 0 aromatic rings. The van der Waals surface area contributed by atoms with Crippen LogP contribution in [-0.2, 0) is 4.79 Å². The summed E-state index contributed by atoms with van der Waals surface area (Å²) < 4.78 is 35.2. The molecule has 0 aliphatic heterocycles. The normalized spacial score (nSPS) is 14.6. The molecule has 88 valence electrons. The van der Waals surface area contributed by atoms with Gasteiger partial charge in [-0.3, -0.25) is 4.79 Å². The van der Waals surface area contributed by atoms with Gasteiger partial charge in [-0.2, -0.15) is 13.2 Å². The number of hydrogen-bond donors (Lipinski definition) is 1. The van der Waals surface area contributed by atoms with Crippen LogP contribution in [0.25, 0.3) is 0 Å². The van der Waals surface area contributed by atoms with E-state index in [1.54, 1.807) is 43.4 Å². The number of carbonyl (C=O) groups excluding carboxylic acids is 1. The Hall–Kier alpha value is -0.270. The summed E-state index contributed by atoms with van der Waals surface area (Å²) in [6, 6.07) is 0. The Balaban J connectivity index is 4.58. The molecule has 0 fully saturated rings. The summed E-state index contributed by atoms with van der Waals surface area (Å²) >= 11 is 1.76. The molecule has 1 amide bonds. The van der Waals surface area contributed by atoms with E-state index in [1.807, 2.05) is 5.32 Å². The van der Waals surface area contributed by atoms with Gasteiger partial charge in [-0.25, -0.2) is 0 Å². The Morgan fingerprint density at radius 3 is 2.07 bits per heavy atom. The summed E-state index contributed by atoms with van der Waals surface area (Å²) in [5.74, 6) is -1.92. The first kappa shape index (κ1) is 14.7. The average Bonchev–Trinajstić information content (AvgIpc) is 2.01. The number of halogens is 4. The number of hydrogen-bond acceptors (Lipinski definition) is 1. The minimum absolute atomic E-state index is 0.582. The van der Waals surface area contributed by atoms with E-state index in [4.69, 9.17) is 0 Å². The second kappa shape index (κ2) is 4.71. The zero-order valence-electron chi connectivity index (χ0n) is 8.70. The van der Waals surface area contributed by atoms with Gasteiger partial charge in [0.1, 0.15) is 0 Å². The van der Waals surface area contributed by atoms with E-state index in [-0.39, 0.29) is 0 Å². The van der Waals surface area contributed by atoms with Crippen molar-refractivity contribution in [2.45, 2.75) is 31.0 Å². The van der Waals surface area contributed by atoms with Crippen molar-refractivity contribution in [3.05, 3.63) is 12.2 Å². The van der Waals surface area contributed by atoms with Gasteiger partial charge in [-0.1, -0.05) is 48.6 Å². The second-order valence-corrected chi connectivity index (χ2v) is 5.08. The van der Waals surface area contributed by atoms with Crippen molar-refractivity contribution in [1.29, 1.82) is 0 Å². The van der Waals surface area contributed by atoms with Gasteiger partial charge in [-0.05, 0) is 6.92 Å². The van der Waals surface area contributed by atoms with Gasteiger partial charge in [0, 0.05) is 5.41 Å². The third-order valence-electron chi connectivity index (χ3n) is 2.25. The lowest BCUT2D eigenvalue weighted by atomic mass is 9.86. The van der Waals surface area contributed by atoms with Crippen LogP contribution in [0.3, 0.4) is 0 Å². The van der Waals surface area contributed by atoms with Gasteiger partial charge >= 0.3 is 12.1 Å². The minimum Gasteiger partial charge on any atom is -0.336 e. The molecule has 1 atom stereocenters. The minimum atomic E-state index is -4.84. The Kier molecular flexibility index (Phi) is 4.63. The summed E-state index contributed by atoms with van der Waals surface area (Å²) in [4.78, 5) is 10.7. The largest absolute Gasteiger partial charge is 0.471 e. The lowest BCUT2D eigenvalue weighted by Crippen LogP contribution is -2.46. The number of amides is 1. The van der Waals surface area contributed by atoms with Crippen molar-refractivity contribution < 1.29 is 18.0 Å². The smallest absolute Gasteiger partial charge is 0.336 e. The molecule has 1 N–H and O–H groups in total. The molecule has 0 rings (SSSR count). The summed E-state index contributed by atoms with van der Waals surface area (Å²) in [5, 5.41) is 1.90. The maximum Gasteiger partial charge on any atom is 0.471 e. The second-order valence-electron chi connectivity index (χ2n) is 3.84. The Bertz CT molecular complexity index is 273.